The maximum atomic E-state index is 13.6. The van der Waals surface area contributed by atoms with E-state index in [-0.39, 0.29) is 24.6 Å². The van der Waals surface area contributed by atoms with E-state index < -0.39 is 11.8 Å². The highest BCUT2D eigenvalue weighted by molar-refractivity contribution is 5.94. The van der Waals surface area contributed by atoms with Gasteiger partial charge in [-0.1, -0.05) is 6.07 Å². The highest BCUT2D eigenvalue weighted by atomic mass is 19.1. The molecule has 132 valence electrons. The minimum atomic E-state index is -0.538. The van der Waals surface area contributed by atoms with Crippen LogP contribution in [-0.4, -0.2) is 26.0 Å². The summed E-state index contributed by atoms with van der Waals surface area (Å²) in [6.07, 6.45) is -0.0738. The van der Waals surface area contributed by atoms with Crippen LogP contribution >= 0.6 is 0 Å². The fraction of sp³-hybridized carbons (Fsp3) is 0.263. The van der Waals surface area contributed by atoms with E-state index in [4.69, 9.17) is 14.2 Å². The highest BCUT2D eigenvalue weighted by Gasteiger charge is 2.12. The van der Waals surface area contributed by atoms with Crippen molar-refractivity contribution < 1.29 is 28.2 Å². The number of methoxy groups -OCH3 is 2. The molecule has 0 aromatic heterocycles. The van der Waals surface area contributed by atoms with Gasteiger partial charge in [-0.25, -0.2) is 4.39 Å². The molecular weight excluding hydrogens is 327 g/mol. The summed E-state index contributed by atoms with van der Waals surface area (Å²) in [6.45, 7) is 1.41. The van der Waals surface area contributed by atoms with Crippen LogP contribution in [0.15, 0.2) is 36.4 Å². The summed E-state index contributed by atoms with van der Waals surface area (Å²) in [5.41, 5.74) is 1.57. The molecule has 2 rings (SSSR count). The van der Waals surface area contributed by atoms with Crippen molar-refractivity contribution >= 4 is 11.8 Å². The Kier molecular flexibility index (Phi) is 6.11. The van der Waals surface area contributed by atoms with Crippen LogP contribution in [0.4, 0.5) is 4.39 Å². The number of Topliss-reactive ketones (excluding diaryl/α,β-unsaturated/α-hetero) is 1. The van der Waals surface area contributed by atoms with E-state index in [1.807, 2.05) is 0 Å². The lowest BCUT2D eigenvalue weighted by atomic mass is 10.1. The Hall–Kier alpha value is -2.89. The Labute approximate surface area is 145 Å². The number of hydrogen-bond donors (Lipinski definition) is 0. The van der Waals surface area contributed by atoms with Gasteiger partial charge in [0, 0.05) is 11.1 Å². The summed E-state index contributed by atoms with van der Waals surface area (Å²) in [6, 6.07) is 9.21. The molecule has 0 bridgehead atoms. The lowest BCUT2D eigenvalue weighted by Gasteiger charge is -2.11. The van der Waals surface area contributed by atoms with Gasteiger partial charge in [0.05, 0.1) is 20.6 Å². The van der Waals surface area contributed by atoms with Crippen LogP contribution in [0.3, 0.4) is 0 Å². The third-order valence-corrected chi connectivity index (χ3v) is 3.64. The van der Waals surface area contributed by atoms with Crippen LogP contribution in [0.25, 0.3) is 0 Å². The monoisotopic (exact) mass is 346 g/mol. The molecule has 0 aliphatic carbocycles. The van der Waals surface area contributed by atoms with E-state index in [9.17, 15) is 14.0 Å². The van der Waals surface area contributed by atoms with Crippen molar-refractivity contribution in [3.63, 3.8) is 0 Å². The summed E-state index contributed by atoms with van der Waals surface area (Å²) >= 11 is 0. The molecule has 0 aliphatic heterocycles. The van der Waals surface area contributed by atoms with Crippen LogP contribution in [0.2, 0.25) is 0 Å². The second-order valence-electron chi connectivity index (χ2n) is 5.39. The Morgan fingerprint density at radius 1 is 1.00 bits per heavy atom. The van der Waals surface area contributed by atoms with Crippen molar-refractivity contribution in [1.82, 2.24) is 0 Å². The van der Waals surface area contributed by atoms with E-state index in [2.05, 4.69) is 0 Å². The van der Waals surface area contributed by atoms with Crippen LogP contribution in [0.5, 0.6) is 11.5 Å². The molecule has 2 aromatic rings. The minimum absolute atomic E-state index is 0.0399. The molecule has 0 N–H and O–H groups in total. The second kappa shape index (κ2) is 8.28. The molecule has 0 amide bonds. The Balaban J connectivity index is 2.03. The molecule has 25 heavy (non-hydrogen) atoms. The standard InChI is InChI=1S/C19H19FO5/c1-12(21)14-5-7-17(23-2)15(10-14)11-25-19(22)9-13-4-6-18(24-3)16(20)8-13/h4-8,10H,9,11H2,1-3H3. The zero-order valence-electron chi connectivity index (χ0n) is 14.3. The Bertz CT molecular complexity index is 785. The zero-order chi connectivity index (χ0) is 18.4. The SMILES string of the molecule is COc1ccc(CC(=O)OCc2cc(C(C)=O)ccc2OC)cc1F. The summed E-state index contributed by atoms with van der Waals surface area (Å²) in [4.78, 5) is 23.5. The molecule has 0 fully saturated rings. The molecular formula is C19H19FO5. The van der Waals surface area contributed by atoms with Gasteiger partial charge >= 0.3 is 5.97 Å². The average Bonchev–Trinajstić information content (AvgIpc) is 2.59. The van der Waals surface area contributed by atoms with Crippen molar-refractivity contribution in [3.8, 4) is 11.5 Å². The maximum Gasteiger partial charge on any atom is 0.310 e. The summed E-state index contributed by atoms with van der Waals surface area (Å²) < 4.78 is 28.9. The van der Waals surface area contributed by atoms with Gasteiger partial charge in [0.2, 0.25) is 0 Å². The van der Waals surface area contributed by atoms with E-state index in [0.29, 0.717) is 22.4 Å². The van der Waals surface area contributed by atoms with Crippen molar-refractivity contribution in [2.24, 2.45) is 0 Å². The van der Waals surface area contributed by atoms with E-state index in [0.717, 1.165) is 0 Å². The number of benzene rings is 2. The molecule has 0 saturated heterocycles. The predicted octanol–water partition coefficient (Wildman–Crippen LogP) is 3.33. The summed E-state index contributed by atoms with van der Waals surface area (Å²) in [7, 11) is 2.86. The van der Waals surface area contributed by atoms with Gasteiger partial charge < -0.3 is 14.2 Å². The molecule has 6 heteroatoms. The van der Waals surface area contributed by atoms with Gasteiger partial charge in [-0.3, -0.25) is 9.59 Å². The number of esters is 1. The largest absolute Gasteiger partial charge is 0.496 e. The zero-order valence-corrected chi connectivity index (χ0v) is 14.3. The first kappa shape index (κ1) is 18.4. The number of ketones is 1. The number of carbonyl (C=O) groups is 2. The average molecular weight is 346 g/mol. The lowest BCUT2D eigenvalue weighted by Crippen LogP contribution is -2.09. The number of rotatable bonds is 7. The van der Waals surface area contributed by atoms with Crippen LogP contribution < -0.4 is 9.47 Å². The first-order chi connectivity index (χ1) is 11.9. The fourth-order valence-electron chi connectivity index (χ4n) is 2.31. The fourth-order valence-corrected chi connectivity index (χ4v) is 2.31. The quantitative estimate of drug-likeness (QED) is 0.568. The van der Waals surface area contributed by atoms with Gasteiger partial charge in [0.1, 0.15) is 12.4 Å². The van der Waals surface area contributed by atoms with Gasteiger partial charge in [-0.2, -0.15) is 0 Å². The van der Waals surface area contributed by atoms with Gasteiger partial charge in [-0.05, 0) is 42.8 Å². The number of ether oxygens (including phenoxy) is 3. The topological polar surface area (TPSA) is 61.8 Å². The third kappa shape index (κ3) is 4.79. The van der Waals surface area contributed by atoms with Gasteiger partial charge in [-0.15, -0.1) is 0 Å². The molecule has 0 spiro atoms. The van der Waals surface area contributed by atoms with Crippen LogP contribution in [0.1, 0.15) is 28.4 Å². The molecule has 5 nitrogen and oxygen atoms in total. The van der Waals surface area contributed by atoms with Crippen molar-refractivity contribution in [3.05, 3.63) is 58.9 Å². The van der Waals surface area contributed by atoms with Crippen molar-refractivity contribution in [1.29, 1.82) is 0 Å². The predicted molar refractivity (Wildman–Crippen MR) is 89.5 cm³/mol. The normalized spacial score (nSPS) is 10.2. The molecule has 0 unspecified atom stereocenters. The molecule has 0 atom stereocenters. The molecule has 0 radical (unpaired) electrons. The maximum absolute atomic E-state index is 13.6. The van der Waals surface area contributed by atoms with E-state index in [1.165, 1.54) is 33.3 Å². The van der Waals surface area contributed by atoms with Gasteiger partial charge in [0.15, 0.2) is 17.3 Å². The smallest absolute Gasteiger partial charge is 0.310 e. The third-order valence-electron chi connectivity index (χ3n) is 3.64. The first-order valence-corrected chi connectivity index (χ1v) is 7.60. The van der Waals surface area contributed by atoms with E-state index >= 15 is 0 Å². The number of carbonyl (C=O) groups excluding carboxylic acids is 2. The van der Waals surface area contributed by atoms with Crippen molar-refractivity contribution in [2.45, 2.75) is 20.0 Å². The summed E-state index contributed by atoms with van der Waals surface area (Å²) in [5.74, 6) is -0.511. The Morgan fingerprint density at radius 3 is 2.28 bits per heavy atom. The molecule has 0 saturated carbocycles. The molecule has 2 aromatic carbocycles. The number of halogens is 1. The minimum Gasteiger partial charge on any atom is -0.496 e. The molecule has 0 aliphatic rings. The highest BCUT2D eigenvalue weighted by Crippen LogP contribution is 2.22. The van der Waals surface area contributed by atoms with E-state index in [1.54, 1.807) is 24.3 Å². The second-order valence-corrected chi connectivity index (χ2v) is 5.39. The van der Waals surface area contributed by atoms with Crippen LogP contribution in [0, 0.1) is 5.82 Å². The first-order valence-electron chi connectivity index (χ1n) is 7.60. The number of hydrogen-bond acceptors (Lipinski definition) is 5. The Morgan fingerprint density at radius 2 is 1.68 bits per heavy atom. The molecule has 0 heterocycles. The van der Waals surface area contributed by atoms with Gasteiger partial charge in [0.25, 0.3) is 0 Å². The van der Waals surface area contributed by atoms with Crippen molar-refractivity contribution in [2.75, 3.05) is 14.2 Å². The van der Waals surface area contributed by atoms with Crippen LogP contribution in [-0.2, 0) is 22.6 Å². The summed E-state index contributed by atoms with van der Waals surface area (Å²) in [5, 5.41) is 0. The lowest BCUT2D eigenvalue weighted by molar-refractivity contribution is -0.144.